The highest BCUT2D eigenvalue weighted by Crippen LogP contribution is 2.30. The van der Waals surface area contributed by atoms with Crippen LogP contribution in [-0.2, 0) is 14.8 Å². The van der Waals surface area contributed by atoms with Gasteiger partial charge >= 0.3 is 6.61 Å². The van der Waals surface area contributed by atoms with Crippen LogP contribution in [0.4, 0.5) is 8.78 Å². The van der Waals surface area contributed by atoms with E-state index >= 15 is 0 Å². The van der Waals surface area contributed by atoms with E-state index in [2.05, 4.69) is 4.74 Å². The largest absolute Gasteiger partial charge is 0.490 e. The zero-order valence-electron chi connectivity index (χ0n) is 9.40. The minimum atomic E-state index is -3.72. The quantitative estimate of drug-likeness (QED) is 0.758. The normalized spacial score (nSPS) is 11.6. The first-order valence-electron chi connectivity index (χ1n) is 4.94. The van der Waals surface area contributed by atoms with Gasteiger partial charge in [-0.05, 0) is 24.6 Å². The van der Waals surface area contributed by atoms with Gasteiger partial charge in [-0.2, -0.15) is 8.78 Å². The molecule has 0 radical (unpaired) electrons. The van der Waals surface area contributed by atoms with Crippen LogP contribution in [0, 0.1) is 0 Å². The van der Waals surface area contributed by atoms with Crippen LogP contribution in [0.2, 0.25) is 0 Å². The Kier molecular flexibility index (Phi) is 5.15. The van der Waals surface area contributed by atoms with Crippen molar-refractivity contribution in [1.29, 1.82) is 0 Å². The summed E-state index contributed by atoms with van der Waals surface area (Å²) in [7, 11) is 1.38. The second-order valence-electron chi connectivity index (χ2n) is 3.28. The van der Waals surface area contributed by atoms with E-state index in [4.69, 9.17) is 15.4 Å². The summed E-state index contributed by atoms with van der Waals surface area (Å²) >= 11 is 0. The summed E-state index contributed by atoms with van der Waals surface area (Å²) in [5.74, 6) is -0.512. The first kappa shape index (κ1) is 15.0. The van der Waals surface area contributed by atoms with Crippen molar-refractivity contribution in [2.24, 2.45) is 0 Å². The molecule has 8 heteroatoms. The van der Waals surface area contributed by atoms with Gasteiger partial charge in [0.05, 0.1) is 12.4 Å². The SMILES string of the molecule is CCOc1cc(CS(=O)(=O)Cl)ccc1OC(F)F. The lowest BCUT2D eigenvalue weighted by atomic mass is 10.2. The summed E-state index contributed by atoms with van der Waals surface area (Å²) in [6.45, 7) is -1.08. The van der Waals surface area contributed by atoms with Gasteiger partial charge in [0.2, 0.25) is 9.05 Å². The molecule has 0 atom stereocenters. The van der Waals surface area contributed by atoms with E-state index in [1.165, 1.54) is 18.2 Å². The van der Waals surface area contributed by atoms with Crippen molar-refractivity contribution in [2.75, 3.05) is 6.61 Å². The van der Waals surface area contributed by atoms with E-state index in [-0.39, 0.29) is 18.1 Å². The maximum absolute atomic E-state index is 12.1. The molecule has 1 aromatic rings. The molecule has 0 spiro atoms. The second kappa shape index (κ2) is 6.19. The van der Waals surface area contributed by atoms with Crippen LogP contribution in [0.5, 0.6) is 11.5 Å². The average Bonchev–Trinajstić information content (AvgIpc) is 2.19. The molecule has 0 unspecified atom stereocenters. The number of hydrogen-bond acceptors (Lipinski definition) is 4. The molecular weight excluding hydrogens is 290 g/mol. The van der Waals surface area contributed by atoms with Gasteiger partial charge in [-0.3, -0.25) is 0 Å². The molecule has 0 aliphatic heterocycles. The van der Waals surface area contributed by atoms with Gasteiger partial charge in [-0.25, -0.2) is 8.42 Å². The Hall–Kier alpha value is -1.08. The molecule has 0 bridgehead atoms. The summed E-state index contributed by atoms with van der Waals surface area (Å²) in [5, 5.41) is 0. The van der Waals surface area contributed by atoms with Gasteiger partial charge in [0.15, 0.2) is 11.5 Å². The Bertz CT molecular complexity index is 505. The summed E-state index contributed by atoms with van der Waals surface area (Å²) in [5.41, 5.74) is 0.329. The molecular formula is C10H11ClF2O4S. The third-order valence-electron chi connectivity index (χ3n) is 1.86. The van der Waals surface area contributed by atoms with E-state index < -0.39 is 21.4 Å². The molecule has 18 heavy (non-hydrogen) atoms. The zero-order valence-corrected chi connectivity index (χ0v) is 11.0. The number of ether oxygens (including phenoxy) is 2. The van der Waals surface area contributed by atoms with Crippen LogP contribution in [0.25, 0.3) is 0 Å². The molecule has 0 saturated heterocycles. The van der Waals surface area contributed by atoms with Crippen molar-refractivity contribution >= 4 is 19.7 Å². The molecule has 0 aromatic heterocycles. The number of alkyl halides is 2. The van der Waals surface area contributed by atoms with Gasteiger partial charge in [-0.15, -0.1) is 0 Å². The third-order valence-corrected chi connectivity index (χ3v) is 2.87. The van der Waals surface area contributed by atoms with Crippen LogP contribution >= 0.6 is 10.7 Å². The predicted octanol–water partition coefficient (Wildman–Crippen LogP) is 2.76. The van der Waals surface area contributed by atoms with Gasteiger partial charge in [0.25, 0.3) is 0 Å². The molecule has 0 amide bonds. The van der Waals surface area contributed by atoms with Crippen LogP contribution < -0.4 is 9.47 Å². The Labute approximate surface area is 108 Å². The number of benzene rings is 1. The van der Waals surface area contributed by atoms with E-state index in [1.807, 2.05) is 0 Å². The molecule has 4 nitrogen and oxygen atoms in total. The standard InChI is InChI=1S/C10H11ClF2O4S/c1-2-16-9-5-7(6-18(11,14)15)3-4-8(9)17-10(12)13/h3-5,10H,2,6H2,1H3. The van der Waals surface area contributed by atoms with E-state index in [0.29, 0.717) is 5.56 Å². The minimum absolute atomic E-state index is 0.0515. The molecule has 0 saturated carbocycles. The maximum atomic E-state index is 12.1. The van der Waals surface area contributed by atoms with E-state index in [1.54, 1.807) is 6.92 Å². The van der Waals surface area contributed by atoms with Crippen molar-refractivity contribution in [3.05, 3.63) is 23.8 Å². The summed E-state index contributed by atoms with van der Waals surface area (Å²) < 4.78 is 55.4. The van der Waals surface area contributed by atoms with Gasteiger partial charge < -0.3 is 9.47 Å². The van der Waals surface area contributed by atoms with Crippen LogP contribution in [-0.4, -0.2) is 21.6 Å². The zero-order chi connectivity index (χ0) is 13.8. The average molecular weight is 301 g/mol. The molecule has 0 N–H and O–H groups in total. The topological polar surface area (TPSA) is 52.6 Å². The van der Waals surface area contributed by atoms with Crippen LogP contribution in [0.3, 0.4) is 0 Å². The lowest BCUT2D eigenvalue weighted by Crippen LogP contribution is -2.05. The van der Waals surface area contributed by atoms with Crippen molar-refractivity contribution < 1.29 is 26.7 Å². The molecule has 0 aliphatic carbocycles. The van der Waals surface area contributed by atoms with Crippen molar-refractivity contribution in [1.82, 2.24) is 0 Å². The Morgan fingerprint density at radius 2 is 2.00 bits per heavy atom. The van der Waals surface area contributed by atoms with Gasteiger partial charge in [0, 0.05) is 10.7 Å². The number of halogens is 3. The molecule has 102 valence electrons. The highest BCUT2D eigenvalue weighted by molar-refractivity contribution is 8.13. The maximum Gasteiger partial charge on any atom is 0.387 e. The van der Waals surface area contributed by atoms with E-state index in [0.717, 1.165) is 0 Å². The summed E-state index contributed by atoms with van der Waals surface area (Å²) in [6.07, 6.45) is 0. The number of rotatable bonds is 6. The van der Waals surface area contributed by atoms with Crippen molar-refractivity contribution in [3.8, 4) is 11.5 Å². The smallest absolute Gasteiger partial charge is 0.387 e. The molecule has 1 rings (SSSR count). The lowest BCUT2D eigenvalue weighted by Gasteiger charge is -2.12. The van der Waals surface area contributed by atoms with Crippen LogP contribution in [0.15, 0.2) is 18.2 Å². The first-order chi connectivity index (χ1) is 8.31. The number of hydrogen-bond donors (Lipinski definition) is 0. The minimum Gasteiger partial charge on any atom is -0.490 e. The van der Waals surface area contributed by atoms with E-state index in [9.17, 15) is 17.2 Å². The summed E-state index contributed by atoms with van der Waals surface area (Å²) in [6, 6.07) is 3.86. The molecule has 1 aromatic carbocycles. The van der Waals surface area contributed by atoms with Gasteiger partial charge in [-0.1, -0.05) is 6.07 Å². The fourth-order valence-electron chi connectivity index (χ4n) is 1.30. The first-order valence-corrected chi connectivity index (χ1v) is 7.42. The molecule has 0 aliphatic rings. The Morgan fingerprint density at radius 1 is 1.33 bits per heavy atom. The third kappa shape index (κ3) is 5.05. The highest BCUT2D eigenvalue weighted by Gasteiger charge is 2.14. The summed E-state index contributed by atoms with van der Waals surface area (Å²) in [4.78, 5) is 0. The second-order valence-corrected chi connectivity index (χ2v) is 6.05. The fraction of sp³-hybridized carbons (Fsp3) is 0.400. The predicted molar refractivity (Wildman–Crippen MR) is 62.7 cm³/mol. The monoisotopic (exact) mass is 300 g/mol. The lowest BCUT2D eigenvalue weighted by molar-refractivity contribution is -0.0514. The Balaban J connectivity index is 3.02. The van der Waals surface area contributed by atoms with Crippen molar-refractivity contribution in [3.63, 3.8) is 0 Å². The Morgan fingerprint density at radius 3 is 2.50 bits per heavy atom. The van der Waals surface area contributed by atoms with Crippen molar-refractivity contribution in [2.45, 2.75) is 19.3 Å². The highest BCUT2D eigenvalue weighted by atomic mass is 35.7. The molecule has 0 heterocycles. The van der Waals surface area contributed by atoms with Gasteiger partial charge in [0.1, 0.15) is 0 Å². The fourth-order valence-corrected chi connectivity index (χ4v) is 2.26. The van der Waals surface area contributed by atoms with Crippen LogP contribution in [0.1, 0.15) is 12.5 Å². The molecule has 0 fully saturated rings.